The minimum absolute atomic E-state index is 0.00864. The molecule has 0 spiro atoms. The number of unbranched alkanes of at least 4 members (excludes halogenated alkanes) is 2. The Morgan fingerprint density at radius 2 is 0.784 bits per heavy atom. The molecule has 0 unspecified atom stereocenters. The fourth-order valence-corrected chi connectivity index (χ4v) is 13.7. The van der Waals surface area contributed by atoms with Crippen LogP contribution in [0, 0.1) is 0 Å². The fraction of sp³-hybridized carbons (Fsp3) is 0.889. The molecule has 7 aliphatic heterocycles. The van der Waals surface area contributed by atoms with Crippen LogP contribution < -0.4 is 21.3 Å². The first-order chi connectivity index (χ1) is 52.2. The van der Waals surface area contributed by atoms with E-state index < -0.39 is 327 Å². The maximum Gasteiger partial charge on any atom is 0.364 e. The summed E-state index contributed by atoms with van der Waals surface area (Å²) in [5.74, 6) is -14.0. The van der Waals surface area contributed by atoms with E-state index in [1.165, 1.54) is 7.11 Å². The molecule has 37 atom stereocenters. The zero-order valence-electron chi connectivity index (χ0n) is 60.4. The first-order valence-electron chi connectivity index (χ1n) is 35.3. The summed E-state index contributed by atoms with van der Waals surface area (Å²) in [5.41, 5.74) is 0. The van der Waals surface area contributed by atoms with Gasteiger partial charge in [-0.3, -0.25) is 24.0 Å². The van der Waals surface area contributed by atoms with Crippen molar-refractivity contribution in [3.8, 4) is 0 Å². The van der Waals surface area contributed by atoms with E-state index in [9.17, 15) is 146 Å². The molecule has 0 radical (unpaired) electrons. The van der Waals surface area contributed by atoms with Crippen LogP contribution in [0.15, 0.2) is 0 Å². The fourth-order valence-electron chi connectivity index (χ4n) is 13.7. The van der Waals surface area contributed by atoms with Gasteiger partial charge in [-0.05, 0) is 12.8 Å². The maximum atomic E-state index is 12.9. The highest BCUT2D eigenvalue weighted by atomic mass is 16.8. The molecule has 0 aromatic heterocycles. The molecular weight excluding hydrogens is 1520 g/mol. The van der Waals surface area contributed by atoms with Gasteiger partial charge in [0.1, 0.15) is 159 Å². The maximum absolute atomic E-state index is 12.9. The molecule has 7 heterocycles. The summed E-state index contributed by atoms with van der Waals surface area (Å²) in [7, 11) is 1.18. The van der Waals surface area contributed by atoms with Gasteiger partial charge in [0.05, 0.1) is 77.6 Å². The predicted octanol–water partition coefficient (Wildman–Crippen LogP) is -15.5. The lowest BCUT2D eigenvalue weighted by Gasteiger charge is -2.50. The van der Waals surface area contributed by atoms with E-state index in [1.807, 2.05) is 0 Å². The normalized spacial score (nSPS) is 41.9. The van der Waals surface area contributed by atoms with Crippen LogP contribution in [0.2, 0.25) is 0 Å². The number of methoxy groups -OCH3 is 1. The van der Waals surface area contributed by atoms with Crippen molar-refractivity contribution >= 4 is 41.5 Å². The van der Waals surface area contributed by atoms with Gasteiger partial charge in [0.15, 0.2) is 31.5 Å². The largest absolute Gasteiger partial charge is 0.477 e. The minimum atomic E-state index is -3.03. The van der Waals surface area contributed by atoms with Crippen LogP contribution in [0.25, 0.3) is 0 Å². The quantitative estimate of drug-likeness (QED) is 0.0205. The number of carboxylic acids is 2. The summed E-state index contributed by atoms with van der Waals surface area (Å²) >= 11 is 0. The third-order valence-corrected chi connectivity index (χ3v) is 19.6. The van der Waals surface area contributed by atoms with Crippen LogP contribution >= 0.6 is 0 Å². The molecule has 7 rings (SSSR count). The Balaban J connectivity index is 1.07. The average molecular weight is 1620 g/mol. The van der Waals surface area contributed by atoms with Gasteiger partial charge in [0, 0.05) is 53.6 Å². The van der Waals surface area contributed by atoms with Crippen LogP contribution in [0.5, 0.6) is 0 Å². The Bertz CT molecular complexity index is 3010. The number of carbonyl (C=O) groups excluding carboxylic acids is 5. The summed E-state index contributed by atoms with van der Waals surface area (Å²) in [4.78, 5) is 87.6. The van der Waals surface area contributed by atoms with Gasteiger partial charge in [0.25, 0.3) is 11.6 Å². The highest BCUT2D eigenvalue weighted by Gasteiger charge is 2.61. The standard InChI is InChI=1S/C63H104N4O44/c1-20(72)64-34-24(76)11-62(60(93)94,110-52(34)38(81)26(78)13-68)100-18-31-40(83)45(88)48(91)57(104-31)107-50-28(15-70)102-55(36(43(50)86)66-22(3)74)99-17-30-42(85)47(90)54(59(106-30)98-10-8-6-7-9-33(80)97-5)109-56-37(67-23(4)75)44(87)51(29(16-71)103-56)108-58-49(92)46(89)41(84)32(105-58)19-101-63(61(95)96)12-25(77)35(65-21(2)73)53(111-63)39(82)27(79)14-69/h24-32,34-59,68-71,76-79,81-92H,6-19H2,1-5H3,(H,64,72)(H,65,73)(H,66,74)(H,67,75)(H,93,94)(H,95,96)/t24-,25-,26+,27+,28+,29+,30+,31+,32+,34+,35+,36+,37+,38+,39+,40-,41-,42-,43+,44+,45-,46-,47-,48+,49+,50+,51+,52+,53+,54+,55+,56-,57-,58-,59+,62+,63+/m0/s1. The van der Waals surface area contributed by atoms with Gasteiger partial charge in [-0.2, -0.15) is 0 Å². The number of hydrogen-bond acceptors (Lipinski definition) is 42. The molecule has 0 bridgehead atoms. The van der Waals surface area contributed by atoms with E-state index in [4.69, 9.17) is 71.1 Å². The Hall–Kier alpha value is -5.07. The molecule has 0 saturated carbocycles. The number of aliphatic hydroxyl groups is 20. The highest BCUT2D eigenvalue weighted by molar-refractivity contribution is 5.78. The lowest BCUT2D eigenvalue weighted by molar-refractivity contribution is -0.378. The topological polar surface area (TPSA) is 751 Å². The molecule has 0 aromatic rings. The third kappa shape index (κ3) is 22.4. The van der Waals surface area contributed by atoms with Gasteiger partial charge in [-0.15, -0.1) is 0 Å². The first kappa shape index (κ1) is 93.1. The molecule has 7 fully saturated rings. The number of aliphatic carboxylic acids is 2. The van der Waals surface area contributed by atoms with Crippen molar-refractivity contribution in [3.05, 3.63) is 0 Å². The van der Waals surface area contributed by atoms with E-state index in [0.29, 0.717) is 6.42 Å². The lowest BCUT2D eigenvalue weighted by Crippen LogP contribution is -2.70. The number of ether oxygens (including phenoxy) is 15. The summed E-state index contributed by atoms with van der Waals surface area (Å²) in [6, 6.07) is -6.92. The highest BCUT2D eigenvalue weighted by Crippen LogP contribution is 2.40. The van der Waals surface area contributed by atoms with Crippen molar-refractivity contribution in [3.63, 3.8) is 0 Å². The number of aliphatic hydroxyl groups excluding tert-OH is 20. The molecule has 4 amide bonds. The average Bonchev–Trinajstić information content (AvgIpc) is 0.774. The van der Waals surface area contributed by atoms with Crippen molar-refractivity contribution in [2.24, 2.45) is 0 Å². The zero-order valence-corrected chi connectivity index (χ0v) is 60.4. The molecule has 7 saturated heterocycles. The summed E-state index contributed by atoms with van der Waals surface area (Å²) in [6.07, 6.45) is -65.3. The number of nitrogens with one attached hydrogen (secondary N) is 4. The van der Waals surface area contributed by atoms with Crippen LogP contribution in [-0.4, -0.2) is 440 Å². The van der Waals surface area contributed by atoms with Gasteiger partial charge < -0.3 is 205 Å². The Morgan fingerprint density at radius 3 is 1.18 bits per heavy atom. The predicted molar refractivity (Wildman–Crippen MR) is 347 cm³/mol. The molecule has 640 valence electrons. The van der Waals surface area contributed by atoms with Gasteiger partial charge in [-0.1, -0.05) is 6.42 Å². The molecule has 48 heteroatoms. The van der Waals surface area contributed by atoms with Gasteiger partial charge >= 0.3 is 17.9 Å². The molecule has 111 heavy (non-hydrogen) atoms. The van der Waals surface area contributed by atoms with Crippen LogP contribution in [0.4, 0.5) is 0 Å². The first-order valence-corrected chi connectivity index (χ1v) is 35.3. The smallest absolute Gasteiger partial charge is 0.364 e. The van der Waals surface area contributed by atoms with E-state index in [1.54, 1.807) is 0 Å². The molecule has 48 nitrogen and oxygen atoms in total. The summed E-state index contributed by atoms with van der Waals surface area (Å²) in [5, 5.41) is 250. The van der Waals surface area contributed by atoms with Gasteiger partial charge in [0.2, 0.25) is 23.6 Å². The number of carbonyl (C=O) groups is 7. The summed E-state index contributed by atoms with van der Waals surface area (Å²) < 4.78 is 86.7. The Kier molecular flexibility index (Phi) is 34.5. The number of amides is 4. The second-order valence-electron chi connectivity index (χ2n) is 27.7. The van der Waals surface area contributed by atoms with E-state index in [2.05, 4.69) is 21.3 Å². The lowest BCUT2D eigenvalue weighted by atomic mass is 9.88. The van der Waals surface area contributed by atoms with Crippen molar-refractivity contribution in [2.45, 2.75) is 292 Å². The van der Waals surface area contributed by atoms with Crippen molar-refractivity contribution in [1.82, 2.24) is 21.3 Å². The van der Waals surface area contributed by atoms with Crippen molar-refractivity contribution < 1.29 is 217 Å². The summed E-state index contributed by atoms with van der Waals surface area (Å²) in [6.45, 7) is -4.04. The molecule has 26 N–H and O–H groups in total. The SMILES string of the molecule is COC(=O)CCCCCO[C@@H]1O[C@H](CO[C@@H]2O[C@H](CO)[C@@H](O[C@@H]3O[C@H](CO[C@]4(C(=O)O)C[C@H](O)[C@@H](NC(C)=O)[C@H]([C@H](O)[C@H](O)CO)O4)[C@H](O)[C@H](O)[C@H]3O)[C@H](O)[C@H]2NC(C)=O)[C@H](O)[C@H](O)[C@H]1O[C@@H]1O[C@H](CO)[C@@H](O[C@@H]2O[C@H](CO[C@]3(C(=O)O)C[C@H](O)[C@@H](NC(C)=O)[C@H]([C@H](O)[C@H](O)CO)O3)[C@H](O)[C@H](O)[C@H]2O)[C@H](O)[C@H]1NC(C)=O. The van der Waals surface area contributed by atoms with Crippen LogP contribution in [-0.2, 0) is 105 Å². The molecule has 7 aliphatic rings. The van der Waals surface area contributed by atoms with E-state index in [0.717, 1.165) is 27.7 Å². The van der Waals surface area contributed by atoms with Crippen LogP contribution in [0.3, 0.4) is 0 Å². The Morgan fingerprint density at radius 1 is 0.414 bits per heavy atom. The number of esters is 1. The number of carboxylic acid groups (broad SMARTS) is 2. The molecule has 0 aliphatic carbocycles. The van der Waals surface area contributed by atoms with E-state index in [-0.39, 0.29) is 25.9 Å². The number of hydrogen-bond donors (Lipinski definition) is 26. The van der Waals surface area contributed by atoms with Gasteiger partial charge in [-0.25, -0.2) is 9.59 Å². The third-order valence-electron chi connectivity index (χ3n) is 19.6. The monoisotopic (exact) mass is 1620 g/mol. The van der Waals surface area contributed by atoms with E-state index >= 15 is 0 Å². The molecule has 0 aromatic carbocycles. The van der Waals surface area contributed by atoms with Crippen LogP contribution in [0.1, 0.15) is 66.2 Å². The minimum Gasteiger partial charge on any atom is -0.477 e. The zero-order chi connectivity index (χ0) is 82.6. The molecular formula is C63H104N4O44. The number of rotatable bonds is 36. The Labute approximate surface area is 630 Å². The second-order valence-corrected chi connectivity index (χ2v) is 27.7. The van der Waals surface area contributed by atoms with Crippen molar-refractivity contribution in [1.29, 1.82) is 0 Å². The second kappa shape index (κ2) is 41.2. The van der Waals surface area contributed by atoms with Crippen molar-refractivity contribution in [2.75, 3.05) is 60.0 Å².